The van der Waals surface area contributed by atoms with Crippen molar-refractivity contribution < 1.29 is 4.79 Å². The molecule has 0 unspecified atom stereocenters. The number of allylic oxidation sites excluding steroid dienone is 3. The highest BCUT2D eigenvalue weighted by Gasteiger charge is 2.23. The molecule has 1 aliphatic heterocycles. The van der Waals surface area contributed by atoms with Crippen molar-refractivity contribution in [2.45, 2.75) is 12.8 Å². The lowest BCUT2D eigenvalue weighted by molar-refractivity contribution is -0.125. The molecule has 1 saturated heterocycles. The van der Waals surface area contributed by atoms with Crippen LogP contribution in [-0.2, 0) is 4.79 Å². The Hall–Kier alpha value is -1.79. The number of hydrogen-bond acceptors (Lipinski definition) is 2. The molecule has 0 aromatic heterocycles. The molecule has 96 valence electrons. The predicted octanol–water partition coefficient (Wildman–Crippen LogP) is 1.70. The lowest BCUT2D eigenvalue weighted by Crippen LogP contribution is -2.38. The summed E-state index contributed by atoms with van der Waals surface area (Å²) in [5, 5.41) is 2.85. The van der Waals surface area contributed by atoms with E-state index in [4.69, 9.17) is 6.42 Å². The van der Waals surface area contributed by atoms with E-state index in [0.717, 1.165) is 25.9 Å². The molecule has 1 rings (SSSR count). The van der Waals surface area contributed by atoms with Crippen LogP contribution in [-0.4, -0.2) is 30.9 Å². The summed E-state index contributed by atoms with van der Waals surface area (Å²) in [4.78, 5) is 14.3. The molecular weight excluding hydrogens is 224 g/mol. The van der Waals surface area contributed by atoms with Crippen LogP contribution in [0.25, 0.3) is 0 Å². The summed E-state index contributed by atoms with van der Waals surface area (Å²) in [7, 11) is 2.07. The highest BCUT2D eigenvalue weighted by atomic mass is 16.1. The van der Waals surface area contributed by atoms with E-state index < -0.39 is 0 Å². The number of nitrogens with one attached hydrogen (secondary N) is 1. The van der Waals surface area contributed by atoms with Gasteiger partial charge in [-0.1, -0.05) is 19.1 Å². The third kappa shape index (κ3) is 4.23. The summed E-state index contributed by atoms with van der Waals surface area (Å²) in [5.74, 6) is 2.53. The fourth-order valence-corrected chi connectivity index (χ4v) is 1.89. The van der Waals surface area contributed by atoms with Gasteiger partial charge in [0.1, 0.15) is 0 Å². The summed E-state index contributed by atoms with van der Waals surface area (Å²) in [6.07, 6.45) is 10.2. The van der Waals surface area contributed by atoms with Crippen LogP contribution >= 0.6 is 0 Å². The molecule has 0 aromatic carbocycles. The summed E-state index contributed by atoms with van der Waals surface area (Å²) >= 11 is 0. The molecular formula is C15H20N2O. The molecule has 0 radical (unpaired) electrons. The molecule has 1 N–H and O–H groups in total. The summed E-state index contributed by atoms with van der Waals surface area (Å²) < 4.78 is 0. The minimum Gasteiger partial charge on any atom is -0.326 e. The first-order chi connectivity index (χ1) is 8.56. The molecule has 0 spiro atoms. The average molecular weight is 244 g/mol. The van der Waals surface area contributed by atoms with Gasteiger partial charge in [-0.3, -0.25) is 4.79 Å². The van der Waals surface area contributed by atoms with Crippen LogP contribution in [0.2, 0.25) is 0 Å². The van der Waals surface area contributed by atoms with E-state index in [-0.39, 0.29) is 11.8 Å². The van der Waals surface area contributed by atoms with Crippen molar-refractivity contribution in [1.29, 1.82) is 0 Å². The summed E-state index contributed by atoms with van der Waals surface area (Å²) in [6, 6.07) is 0. The largest absolute Gasteiger partial charge is 0.326 e. The Labute approximate surface area is 109 Å². The Morgan fingerprint density at radius 2 is 2.11 bits per heavy atom. The van der Waals surface area contributed by atoms with Gasteiger partial charge in [-0.25, -0.2) is 0 Å². The standard InChI is InChI=1S/C15H20N2O/c1-5-12(3)11-14(6-2)16-15(18)13-7-9-17(4)10-8-13/h1,6,11,13H,2-3,7-10H2,4H3,(H,16,18). The maximum absolute atomic E-state index is 12.0. The minimum atomic E-state index is 0.0408. The number of rotatable bonds is 4. The second-order valence-electron chi connectivity index (χ2n) is 4.54. The maximum Gasteiger partial charge on any atom is 0.227 e. The normalized spacial score (nSPS) is 17.9. The van der Waals surface area contributed by atoms with Crippen molar-refractivity contribution in [3.8, 4) is 12.3 Å². The van der Waals surface area contributed by atoms with E-state index in [2.05, 4.69) is 36.3 Å². The number of hydrogen-bond donors (Lipinski definition) is 1. The zero-order chi connectivity index (χ0) is 13.5. The zero-order valence-electron chi connectivity index (χ0n) is 10.9. The van der Waals surface area contributed by atoms with Crippen LogP contribution in [0.3, 0.4) is 0 Å². The van der Waals surface area contributed by atoms with Crippen LogP contribution in [0.1, 0.15) is 12.8 Å². The summed E-state index contributed by atoms with van der Waals surface area (Å²) in [5.41, 5.74) is 1.13. The van der Waals surface area contributed by atoms with Gasteiger partial charge in [-0.2, -0.15) is 0 Å². The lowest BCUT2D eigenvalue weighted by Gasteiger charge is -2.28. The van der Waals surface area contributed by atoms with Crippen LogP contribution in [0.5, 0.6) is 0 Å². The van der Waals surface area contributed by atoms with E-state index in [9.17, 15) is 4.79 Å². The molecule has 0 bridgehead atoms. The zero-order valence-corrected chi connectivity index (χ0v) is 10.9. The fraction of sp³-hybridized carbons (Fsp3) is 0.400. The minimum absolute atomic E-state index is 0.0408. The average Bonchev–Trinajstić information content (AvgIpc) is 2.38. The lowest BCUT2D eigenvalue weighted by atomic mass is 9.96. The second kappa shape index (κ2) is 6.83. The Morgan fingerprint density at radius 3 is 2.61 bits per heavy atom. The molecule has 0 aromatic rings. The van der Waals surface area contributed by atoms with Gasteiger partial charge >= 0.3 is 0 Å². The topological polar surface area (TPSA) is 32.3 Å². The molecule has 3 heteroatoms. The number of likely N-dealkylation sites (tertiary alicyclic amines) is 1. The Kier molecular flexibility index (Phi) is 5.41. The number of carbonyl (C=O) groups is 1. The molecule has 0 aliphatic carbocycles. The van der Waals surface area contributed by atoms with Crippen molar-refractivity contribution in [3.63, 3.8) is 0 Å². The van der Waals surface area contributed by atoms with E-state index in [0.29, 0.717) is 11.3 Å². The van der Waals surface area contributed by atoms with E-state index in [1.807, 2.05) is 0 Å². The van der Waals surface area contributed by atoms with E-state index >= 15 is 0 Å². The monoisotopic (exact) mass is 244 g/mol. The SMILES string of the molecule is C#CC(=C)C=C(C=C)NC(=O)C1CCN(C)CC1. The number of terminal acetylenes is 1. The van der Waals surface area contributed by atoms with Crippen molar-refractivity contribution in [1.82, 2.24) is 10.2 Å². The molecule has 0 saturated carbocycles. The Bertz CT molecular complexity index is 407. The molecule has 1 fully saturated rings. The van der Waals surface area contributed by atoms with Crippen molar-refractivity contribution in [2.24, 2.45) is 5.92 Å². The first-order valence-electron chi connectivity index (χ1n) is 6.06. The highest BCUT2D eigenvalue weighted by Crippen LogP contribution is 2.16. The van der Waals surface area contributed by atoms with Gasteiger partial charge in [0.15, 0.2) is 0 Å². The fourth-order valence-electron chi connectivity index (χ4n) is 1.89. The Morgan fingerprint density at radius 1 is 1.50 bits per heavy atom. The number of carbonyl (C=O) groups excluding carboxylic acids is 1. The molecule has 0 atom stereocenters. The van der Waals surface area contributed by atoms with Crippen LogP contribution in [0.4, 0.5) is 0 Å². The van der Waals surface area contributed by atoms with Gasteiger partial charge < -0.3 is 10.2 Å². The number of nitrogens with zero attached hydrogens (tertiary/aromatic N) is 1. The first-order valence-corrected chi connectivity index (χ1v) is 6.06. The molecule has 3 nitrogen and oxygen atoms in total. The third-order valence-electron chi connectivity index (χ3n) is 3.09. The molecule has 1 amide bonds. The number of amides is 1. The number of piperidine rings is 1. The van der Waals surface area contributed by atoms with Crippen molar-refractivity contribution in [3.05, 3.63) is 36.6 Å². The smallest absolute Gasteiger partial charge is 0.227 e. The molecule has 1 heterocycles. The van der Waals surface area contributed by atoms with Gasteiger partial charge in [0, 0.05) is 17.2 Å². The molecule has 18 heavy (non-hydrogen) atoms. The first kappa shape index (κ1) is 14.3. The Balaban J connectivity index is 2.58. The van der Waals surface area contributed by atoms with Gasteiger partial charge in [0.25, 0.3) is 0 Å². The predicted molar refractivity (Wildman–Crippen MR) is 74.6 cm³/mol. The maximum atomic E-state index is 12.0. The van der Waals surface area contributed by atoms with Crippen LogP contribution in [0.15, 0.2) is 36.6 Å². The van der Waals surface area contributed by atoms with E-state index in [1.165, 1.54) is 0 Å². The molecule has 1 aliphatic rings. The van der Waals surface area contributed by atoms with Gasteiger partial charge in [0.2, 0.25) is 5.91 Å². The van der Waals surface area contributed by atoms with Crippen LogP contribution in [0, 0.1) is 18.3 Å². The second-order valence-corrected chi connectivity index (χ2v) is 4.54. The van der Waals surface area contributed by atoms with Crippen molar-refractivity contribution >= 4 is 5.91 Å². The highest BCUT2D eigenvalue weighted by molar-refractivity contribution is 5.81. The third-order valence-corrected chi connectivity index (χ3v) is 3.09. The van der Waals surface area contributed by atoms with Gasteiger partial charge in [-0.15, -0.1) is 6.42 Å². The van der Waals surface area contributed by atoms with Crippen LogP contribution < -0.4 is 5.32 Å². The quantitative estimate of drug-likeness (QED) is 0.603. The summed E-state index contributed by atoms with van der Waals surface area (Å²) in [6.45, 7) is 9.25. The van der Waals surface area contributed by atoms with Gasteiger partial charge in [-0.05, 0) is 45.1 Å². The van der Waals surface area contributed by atoms with Crippen molar-refractivity contribution in [2.75, 3.05) is 20.1 Å². The van der Waals surface area contributed by atoms with Gasteiger partial charge in [0.05, 0.1) is 0 Å². The van der Waals surface area contributed by atoms with E-state index in [1.54, 1.807) is 12.2 Å².